The smallest absolute Gasteiger partial charge is 0.318 e. The lowest BCUT2D eigenvalue weighted by Gasteiger charge is -2.34. The molecule has 0 radical (unpaired) electrons. The van der Waals surface area contributed by atoms with Crippen molar-refractivity contribution in [1.29, 1.82) is 0 Å². The second-order valence-electron chi connectivity index (χ2n) is 7.84. The normalized spacial score (nSPS) is 22.3. The number of anilines is 1. The Balaban J connectivity index is 0.00000240. The number of nitrogens with one attached hydrogen (secondary N) is 2. The summed E-state index contributed by atoms with van der Waals surface area (Å²) in [7, 11) is -3.62. The molecule has 1 aromatic heterocycles. The van der Waals surface area contributed by atoms with Crippen LogP contribution in [0.4, 0.5) is 5.95 Å². The summed E-state index contributed by atoms with van der Waals surface area (Å²) in [5.41, 5.74) is 0. The van der Waals surface area contributed by atoms with E-state index in [1.165, 1.54) is 0 Å². The number of carboxylic acids is 1. The second-order valence-corrected chi connectivity index (χ2v) is 9.77. The lowest BCUT2D eigenvalue weighted by Crippen LogP contribution is -2.45. The van der Waals surface area contributed by atoms with E-state index < -0.39 is 22.5 Å². The van der Waals surface area contributed by atoms with Crippen molar-refractivity contribution in [3.63, 3.8) is 0 Å². The molecular weight excluding hydrogens is 469 g/mol. The summed E-state index contributed by atoms with van der Waals surface area (Å²) in [5, 5.41) is 15.3. The fourth-order valence-electron chi connectivity index (χ4n) is 4.28. The van der Waals surface area contributed by atoms with Crippen LogP contribution in [0.1, 0.15) is 44.6 Å². The van der Waals surface area contributed by atoms with Gasteiger partial charge in [0, 0.05) is 30.4 Å². The van der Waals surface area contributed by atoms with Gasteiger partial charge in [-0.1, -0.05) is 0 Å². The molecule has 1 saturated carbocycles. The highest BCUT2D eigenvalue weighted by Crippen LogP contribution is 2.30. The summed E-state index contributed by atoms with van der Waals surface area (Å²) in [5.74, 6) is -0.989. The van der Waals surface area contributed by atoms with Gasteiger partial charge < -0.3 is 15.0 Å². The number of imidazole rings is 1. The molecule has 1 amide bonds. The molecule has 2 aliphatic rings. The zero-order valence-electron chi connectivity index (χ0n) is 17.4. The first-order valence-electron chi connectivity index (χ1n) is 9.98. The Kier molecular flexibility index (Phi) is 10.7. The number of halogens is 2. The van der Waals surface area contributed by atoms with Crippen molar-refractivity contribution >= 4 is 52.7 Å². The van der Waals surface area contributed by atoms with Crippen molar-refractivity contribution in [3.05, 3.63) is 12.4 Å². The number of hydrogen-bond acceptors (Lipinski definition) is 6. The molecule has 0 bridgehead atoms. The first-order chi connectivity index (χ1) is 13.8. The highest BCUT2D eigenvalue weighted by molar-refractivity contribution is 7.88. The van der Waals surface area contributed by atoms with Crippen molar-refractivity contribution < 1.29 is 23.1 Å². The van der Waals surface area contributed by atoms with Crippen LogP contribution in [0.15, 0.2) is 12.4 Å². The van der Waals surface area contributed by atoms with Crippen molar-refractivity contribution in [1.82, 2.24) is 19.2 Å². The Morgan fingerprint density at radius 1 is 1.19 bits per heavy atom. The third-order valence-corrected chi connectivity index (χ3v) is 7.08. The molecule has 10 nitrogen and oxygen atoms in total. The predicted molar refractivity (Wildman–Crippen MR) is 121 cm³/mol. The molecule has 3 rings (SSSR count). The Bertz CT molecular complexity index is 836. The lowest BCUT2D eigenvalue weighted by molar-refractivity contribution is -0.137. The molecule has 178 valence electrons. The van der Waals surface area contributed by atoms with E-state index in [0.29, 0.717) is 37.7 Å². The van der Waals surface area contributed by atoms with Crippen LogP contribution in [-0.4, -0.2) is 71.2 Å². The molecule has 0 spiro atoms. The van der Waals surface area contributed by atoms with Crippen LogP contribution in [0.25, 0.3) is 0 Å². The van der Waals surface area contributed by atoms with E-state index in [0.717, 1.165) is 36.5 Å². The SMILES string of the molecule is CS(=O)(=O)N(CC(=O)O)C1CCC(C(=O)Nc2nccn2C2CCNCC2)CC1.Cl.Cl. The molecule has 1 saturated heterocycles. The number of aliphatic carboxylic acids is 1. The van der Waals surface area contributed by atoms with Gasteiger partial charge in [0.05, 0.1) is 6.26 Å². The quantitative estimate of drug-likeness (QED) is 0.517. The minimum absolute atomic E-state index is 0. The van der Waals surface area contributed by atoms with Crippen LogP contribution < -0.4 is 10.6 Å². The number of amides is 1. The zero-order chi connectivity index (χ0) is 21.0. The van der Waals surface area contributed by atoms with Crippen molar-refractivity contribution in [3.8, 4) is 0 Å². The maximum absolute atomic E-state index is 12.7. The average Bonchev–Trinajstić information content (AvgIpc) is 3.14. The van der Waals surface area contributed by atoms with Gasteiger partial charge in [0.15, 0.2) is 0 Å². The molecule has 1 aromatic rings. The summed E-state index contributed by atoms with van der Waals surface area (Å²) >= 11 is 0. The number of sulfonamides is 1. The van der Waals surface area contributed by atoms with Gasteiger partial charge in [-0.05, 0) is 51.6 Å². The van der Waals surface area contributed by atoms with Crippen molar-refractivity contribution in [2.45, 2.75) is 50.6 Å². The fourth-order valence-corrected chi connectivity index (χ4v) is 5.38. The molecule has 0 aromatic carbocycles. The highest BCUT2D eigenvalue weighted by Gasteiger charge is 2.34. The summed E-state index contributed by atoms with van der Waals surface area (Å²) in [6.45, 7) is 1.33. The van der Waals surface area contributed by atoms with E-state index in [-0.39, 0.29) is 42.7 Å². The van der Waals surface area contributed by atoms with Crippen molar-refractivity contribution in [2.24, 2.45) is 5.92 Å². The van der Waals surface area contributed by atoms with Gasteiger partial charge in [-0.25, -0.2) is 13.4 Å². The standard InChI is InChI=1S/C18H29N5O5S.2ClH/c1-29(27,28)23(12-16(24)25)15-4-2-13(3-5-15)17(26)21-18-20-10-11-22(18)14-6-8-19-9-7-14;;/h10-11,13-15,19H,2-9,12H2,1H3,(H,24,25)(H,20,21,26);2*1H. The second kappa shape index (κ2) is 12.0. The maximum Gasteiger partial charge on any atom is 0.318 e. The number of carboxylic acid groups (broad SMARTS) is 1. The molecular formula is C18H31Cl2N5O5S. The van der Waals surface area contributed by atoms with Gasteiger partial charge >= 0.3 is 5.97 Å². The van der Waals surface area contributed by atoms with Gasteiger partial charge in [0.1, 0.15) is 6.54 Å². The Morgan fingerprint density at radius 3 is 2.35 bits per heavy atom. The third-order valence-electron chi connectivity index (χ3n) is 5.80. The van der Waals surface area contributed by atoms with Crippen LogP contribution in [0.5, 0.6) is 0 Å². The number of carbonyl (C=O) groups excluding carboxylic acids is 1. The number of rotatable bonds is 7. The monoisotopic (exact) mass is 499 g/mol. The molecule has 0 atom stereocenters. The summed E-state index contributed by atoms with van der Waals surface area (Å²) in [6, 6.07) is -0.0778. The Labute approximate surface area is 195 Å². The summed E-state index contributed by atoms with van der Waals surface area (Å²) in [4.78, 5) is 28.1. The van der Waals surface area contributed by atoms with Gasteiger partial charge in [-0.3, -0.25) is 14.9 Å². The minimum atomic E-state index is -3.62. The highest BCUT2D eigenvalue weighted by atomic mass is 35.5. The van der Waals surface area contributed by atoms with Crippen LogP contribution in [-0.2, 0) is 19.6 Å². The molecule has 2 fully saturated rings. The van der Waals surface area contributed by atoms with E-state index in [4.69, 9.17) is 5.11 Å². The van der Waals surface area contributed by atoms with E-state index >= 15 is 0 Å². The zero-order valence-corrected chi connectivity index (χ0v) is 19.8. The largest absolute Gasteiger partial charge is 0.480 e. The first-order valence-corrected chi connectivity index (χ1v) is 11.8. The number of hydrogen-bond donors (Lipinski definition) is 3. The summed E-state index contributed by atoms with van der Waals surface area (Å²) < 4.78 is 26.9. The molecule has 13 heteroatoms. The van der Waals surface area contributed by atoms with Crippen LogP contribution >= 0.6 is 24.8 Å². The Morgan fingerprint density at radius 2 is 1.81 bits per heavy atom. The molecule has 0 unspecified atom stereocenters. The van der Waals surface area contributed by atoms with E-state index in [1.54, 1.807) is 6.20 Å². The van der Waals surface area contributed by atoms with Gasteiger partial charge in [-0.15, -0.1) is 24.8 Å². The lowest BCUT2D eigenvalue weighted by atomic mass is 9.85. The topological polar surface area (TPSA) is 134 Å². The third kappa shape index (κ3) is 7.31. The summed E-state index contributed by atoms with van der Waals surface area (Å²) in [6.07, 6.45) is 8.50. The molecule has 31 heavy (non-hydrogen) atoms. The number of aromatic nitrogens is 2. The Hall–Kier alpha value is -1.40. The van der Waals surface area contributed by atoms with E-state index in [2.05, 4.69) is 15.6 Å². The van der Waals surface area contributed by atoms with Gasteiger partial charge in [-0.2, -0.15) is 4.31 Å². The fraction of sp³-hybridized carbons (Fsp3) is 0.722. The van der Waals surface area contributed by atoms with E-state index in [9.17, 15) is 18.0 Å². The van der Waals surface area contributed by atoms with E-state index in [1.807, 2.05) is 10.8 Å². The van der Waals surface area contributed by atoms with Gasteiger partial charge in [0.25, 0.3) is 0 Å². The number of carbonyl (C=O) groups is 2. The molecule has 1 aliphatic carbocycles. The average molecular weight is 500 g/mol. The number of piperidine rings is 1. The first kappa shape index (κ1) is 27.6. The molecule has 3 N–H and O–H groups in total. The minimum Gasteiger partial charge on any atom is -0.480 e. The maximum atomic E-state index is 12.7. The van der Waals surface area contributed by atoms with Crippen molar-refractivity contribution in [2.75, 3.05) is 31.2 Å². The van der Waals surface area contributed by atoms with Crippen LogP contribution in [0, 0.1) is 5.92 Å². The predicted octanol–water partition coefficient (Wildman–Crippen LogP) is 1.49. The molecule has 1 aliphatic heterocycles. The van der Waals surface area contributed by atoms with Crippen LogP contribution in [0.3, 0.4) is 0 Å². The molecule has 2 heterocycles. The van der Waals surface area contributed by atoms with Gasteiger partial charge in [0.2, 0.25) is 21.9 Å². The van der Waals surface area contributed by atoms with Crippen LogP contribution in [0.2, 0.25) is 0 Å². The number of nitrogens with zero attached hydrogens (tertiary/aromatic N) is 3.